The van der Waals surface area contributed by atoms with E-state index in [0.29, 0.717) is 6.54 Å². The summed E-state index contributed by atoms with van der Waals surface area (Å²) in [6, 6.07) is 0. The highest BCUT2D eigenvalue weighted by Crippen LogP contribution is 2.03. The third-order valence-corrected chi connectivity index (χ3v) is 2.49. The number of hydrazone groups is 1. The van der Waals surface area contributed by atoms with Crippen LogP contribution in [0.5, 0.6) is 0 Å². The fourth-order valence-corrected chi connectivity index (χ4v) is 1.49. The number of nitro groups is 1. The minimum Gasteiger partial charge on any atom is -0.390 e. The van der Waals surface area contributed by atoms with Gasteiger partial charge in [0, 0.05) is 11.6 Å². The van der Waals surface area contributed by atoms with Gasteiger partial charge in [-0.2, -0.15) is 19.3 Å². The molecule has 22 heavy (non-hydrogen) atoms. The van der Waals surface area contributed by atoms with E-state index in [1.807, 2.05) is 0 Å². The summed E-state index contributed by atoms with van der Waals surface area (Å²) in [4.78, 5) is 24.5. The highest BCUT2D eigenvalue weighted by Gasteiger charge is 2.15. The van der Waals surface area contributed by atoms with E-state index in [-0.39, 0.29) is 12.1 Å². The van der Waals surface area contributed by atoms with E-state index in [4.69, 9.17) is 0 Å². The van der Waals surface area contributed by atoms with Crippen LogP contribution < -0.4 is 5.43 Å². The molecule has 0 aliphatic heterocycles. The molecule has 0 atom stereocenters. The van der Waals surface area contributed by atoms with Gasteiger partial charge in [-0.05, 0) is 11.8 Å². The molecule has 0 saturated heterocycles. The van der Waals surface area contributed by atoms with E-state index >= 15 is 0 Å². The topological polar surface area (TPSA) is 133 Å². The largest absolute Gasteiger partial charge is 0.490 e. The van der Waals surface area contributed by atoms with Gasteiger partial charge in [-0.3, -0.25) is 4.79 Å². The fraction of sp³-hybridized carbons (Fsp3) is 0.300. The van der Waals surface area contributed by atoms with Crippen molar-refractivity contribution in [3.05, 3.63) is 34.1 Å². The van der Waals surface area contributed by atoms with E-state index < -0.39 is 22.7 Å². The second kappa shape index (κ2) is 6.51. The molecule has 2 heterocycles. The summed E-state index contributed by atoms with van der Waals surface area (Å²) < 4.78 is 15.7. The number of amides is 1. The van der Waals surface area contributed by atoms with Crippen molar-refractivity contribution in [3.63, 3.8) is 0 Å². The molecule has 0 unspecified atom stereocenters. The molecule has 0 bridgehead atoms. The summed E-state index contributed by atoms with van der Waals surface area (Å²) >= 11 is 0. The fourth-order valence-electron chi connectivity index (χ4n) is 1.49. The van der Waals surface area contributed by atoms with Crippen LogP contribution in [0.15, 0.2) is 17.6 Å². The summed E-state index contributed by atoms with van der Waals surface area (Å²) in [5.41, 5.74) is 2.26. The third kappa shape index (κ3) is 3.47. The molecule has 2 aromatic heterocycles. The molecular weight excluding hydrogens is 299 g/mol. The lowest BCUT2D eigenvalue weighted by atomic mass is 10.4. The van der Waals surface area contributed by atoms with Gasteiger partial charge in [-0.25, -0.2) is 10.1 Å². The van der Waals surface area contributed by atoms with Gasteiger partial charge in [0.1, 0.15) is 6.54 Å². The van der Waals surface area contributed by atoms with Gasteiger partial charge in [0.2, 0.25) is 12.3 Å². The number of nitrogens with one attached hydrogen (secondary N) is 1. The molecule has 0 radical (unpaired) electrons. The lowest BCUT2D eigenvalue weighted by Gasteiger charge is -1.96. The van der Waals surface area contributed by atoms with Crippen molar-refractivity contribution in [3.8, 4) is 0 Å². The molecule has 0 aromatic carbocycles. The molecule has 0 spiro atoms. The molecule has 2 rings (SSSR count). The van der Waals surface area contributed by atoms with E-state index in [0.717, 1.165) is 21.9 Å². The molecular formula is C10H11FN8O3. The smallest absolute Gasteiger partial charge is 0.390 e. The van der Waals surface area contributed by atoms with Crippen LogP contribution in [0.1, 0.15) is 12.5 Å². The molecule has 0 saturated carbocycles. The Hall–Kier alpha value is -3.18. The van der Waals surface area contributed by atoms with Gasteiger partial charge in [0.25, 0.3) is 5.91 Å². The van der Waals surface area contributed by atoms with Crippen molar-refractivity contribution in [2.45, 2.75) is 20.0 Å². The number of nitrogens with zero attached hydrogens (tertiary/aromatic N) is 7. The highest BCUT2D eigenvalue weighted by molar-refractivity contribution is 5.81. The SMILES string of the molecule is CCn1ncc(/C=N/NC(=O)Cn2cnc([N+](=O)[O-])n2)c1F. The standard InChI is InChI=1S/C10H11FN8O3/c1-2-18-9(11)7(4-14-18)3-13-15-8(20)5-17-6-12-10(16-17)19(21)22/h3-4,6H,2,5H2,1H3,(H,15,20)/b13-3+. The lowest BCUT2D eigenvalue weighted by Crippen LogP contribution is -2.23. The number of hydrogen-bond donors (Lipinski definition) is 1. The Kier molecular flexibility index (Phi) is 4.50. The number of rotatable bonds is 6. The average molecular weight is 310 g/mol. The Morgan fingerprint density at radius 2 is 2.41 bits per heavy atom. The quantitative estimate of drug-likeness (QED) is 0.442. The highest BCUT2D eigenvalue weighted by atomic mass is 19.1. The van der Waals surface area contributed by atoms with Gasteiger partial charge >= 0.3 is 5.95 Å². The van der Waals surface area contributed by atoms with E-state index in [9.17, 15) is 19.3 Å². The van der Waals surface area contributed by atoms with Gasteiger partial charge < -0.3 is 10.1 Å². The van der Waals surface area contributed by atoms with E-state index in [2.05, 4.69) is 25.7 Å². The molecule has 0 aliphatic carbocycles. The van der Waals surface area contributed by atoms with Crippen molar-refractivity contribution in [1.29, 1.82) is 0 Å². The zero-order chi connectivity index (χ0) is 16.1. The monoisotopic (exact) mass is 310 g/mol. The summed E-state index contributed by atoms with van der Waals surface area (Å²) in [7, 11) is 0. The van der Waals surface area contributed by atoms with Crippen LogP contribution in [-0.4, -0.2) is 41.6 Å². The van der Waals surface area contributed by atoms with Gasteiger partial charge in [-0.1, -0.05) is 4.98 Å². The van der Waals surface area contributed by atoms with Crippen LogP contribution in [0, 0.1) is 16.1 Å². The maximum Gasteiger partial charge on any atom is 0.490 e. The second-order valence-corrected chi connectivity index (χ2v) is 4.00. The zero-order valence-electron chi connectivity index (χ0n) is 11.4. The van der Waals surface area contributed by atoms with Crippen LogP contribution in [0.3, 0.4) is 0 Å². The second-order valence-electron chi connectivity index (χ2n) is 4.00. The number of aromatic nitrogens is 5. The third-order valence-electron chi connectivity index (χ3n) is 2.49. The average Bonchev–Trinajstić information content (AvgIpc) is 3.07. The molecule has 11 nitrogen and oxygen atoms in total. The van der Waals surface area contributed by atoms with Gasteiger partial charge in [0.15, 0.2) is 0 Å². The predicted molar refractivity (Wildman–Crippen MR) is 70.3 cm³/mol. The summed E-state index contributed by atoms with van der Waals surface area (Å²) in [5.74, 6) is -1.77. The molecule has 116 valence electrons. The molecule has 1 N–H and O–H groups in total. The minimum atomic E-state index is -0.777. The number of carbonyl (C=O) groups is 1. The number of halogens is 1. The van der Waals surface area contributed by atoms with Gasteiger partial charge in [0.05, 0.1) is 18.0 Å². The van der Waals surface area contributed by atoms with Crippen molar-refractivity contribution in [2.75, 3.05) is 0 Å². The summed E-state index contributed by atoms with van der Waals surface area (Å²) in [5, 5.41) is 21.2. The first kappa shape index (κ1) is 15.2. The predicted octanol–water partition coefficient (Wildman–Crippen LogP) is -0.308. The maximum absolute atomic E-state index is 13.6. The first-order chi connectivity index (χ1) is 10.5. The molecule has 0 fully saturated rings. The van der Waals surface area contributed by atoms with Crippen molar-refractivity contribution in [1.82, 2.24) is 30.0 Å². The first-order valence-corrected chi connectivity index (χ1v) is 6.08. The Morgan fingerprint density at radius 3 is 3.00 bits per heavy atom. The van der Waals surface area contributed by atoms with Crippen LogP contribution in [0.25, 0.3) is 0 Å². The van der Waals surface area contributed by atoms with E-state index in [1.54, 1.807) is 6.92 Å². The Morgan fingerprint density at radius 1 is 1.64 bits per heavy atom. The number of carbonyl (C=O) groups excluding carboxylic acids is 1. The van der Waals surface area contributed by atoms with Crippen LogP contribution >= 0.6 is 0 Å². The molecule has 0 aliphatic rings. The molecule has 1 amide bonds. The minimum absolute atomic E-state index is 0.124. The first-order valence-electron chi connectivity index (χ1n) is 6.08. The van der Waals surface area contributed by atoms with Crippen LogP contribution in [0.4, 0.5) is 10.3 Å². The van der Waals surface area contributed by atoms with Gasteiger partial charge in [-0.15, -0.1) is 0 Å². The summed E-state index contributed by atoms with van der Waals surface area (Å²) in [6.45, 7) is 1.79. The summed E-state index contributed by atoms with van der Waals surface area (Å²) in [6.07, 6.45) is 3.43. The van der Waals surface area contributed by atoms with Crippen LogP contribution in [0.2, 0.25) is 0 Å². The number of aryl methyl sites for hydroxylation is 1. The molecule has 2 aromatic rings. The van der Waals surface area contributed by atoms with Crippen molar-refractivity contribution in [2.24, 2.45) is 5.10 Å². The Bertz CT molecular complexity index is 722. The Labute approximate surface area is 122 Å². The van der Waals surface area contributed by atoms with E-state index in [1.165, 1.54) is 6.20 Å². The maximum atomic E-state index is 13.6. The lowest BCUT2D eigenvalue weighted by molar-refractivity contribution is -0.394. The van der Waals surface area contributed by atoms with Crippen molar-refractivity contribution >= 4 is 18.1 Å². The number of hydrogen-bond acceptors (Lipinski definition) is 7. The normalized spacial score (nSPS) is 11.0. The molecule has 12 heteroatoms. The Balaban J connectivity index is 1.90. The van der Waals surface area contributed by atoms with Crippen LogP contribution in [-0.2, 0) is 17.9 Å². The van der Waals surface area contributed by atoms with Crippen molar-refractivity contribution < 1.29 is 14.1 Å². The zero-order valence-corrected chi connectivity index (χ0v) is 11.4.